The predicted molar refractivity (Wildman–Crippen MR) is 512 cm³/mol. The van der Waals surface area contributed by atoms with Gasteiger partial charge in [0.25, 0.3) is 6.47 Å². The molecule has 16 aromatic rings. The van der Waals surface area contributed by atoms with Crippen molar-refractivity contribution in [2.75, 3.05) is 24.0 Å². The molecule has 14 aromatic carbocycles. The van der Waals surface area contributed by atoms with Gasteiger partial charge in [0.15, 0.2) is 15.5 Å². The second-order valence-electron chi connectivity index (χ2n) is 24.5. The fourth-order valence-electron chi connectivity index (χ4n) is 11.5. The molecule has 0 atom stereocenters. The van der Waals surface area contributed by atoms with Crippen LogP contribution in [0.3, 0.4) is 0 Å². The second-order valence-corrected chi connectivity index (χ2v) is 37.0. The van der Waals surface area contributed by atoms with Crippen molar-refractivity contribution < 1.29 is 106 Å². The fourth-order valence-corrected chi connectivity index (χ4v) is 23.3. The zero-order chi connectivity index (χ0) is 83.5. The van der Waals surface area contributed by atoms with Crippen LogP contribution in [0.5, 0.6) is 0 Å². The molecule has 0 fully saturated rings. The van der Waals surface area contributed by atoms with Gasteiger partial charge >= 0.3 is 66.2 Å². The van der Waals surface area contributed by atoms with Crippen LogP contribution >= 0.6 is 113 Å². The second kappa shape index (κ2) is 58.1. The SMILES string of the molecule is CSc1c(Cl)cccc1-c1nnc(Cl)cc1N.CSc1c(Cl)cccc1B(O)O.Nc1cc(Cl)nnc1Cl.O=CO[O-].[H-].[Na+].[Na+].[Pd].c1ccc(P(c2ccccc2)c2ccccc2)cc1.c1ccc(P(c2ccccc2)c2ccccc2)cc1.c1ccc(P(c2ccccc2)c2ccccc2)cc1.c1ccc(P(c2ccccc2)c2ccccc2)cc1. The van der Waals surface area contributed by atoms with Crippen molar-refractivity contribution in [3.05, 3.63) is 438 Å². The number of benzene rings is 14. The van der Waals surface area contributed by atoms with Crippen molar-refractivity contribution in [3.63, 3.8) is 0 Å². The summed E-state index contributed by atoms with van der Waals surface area (Å²) in [5.41, 5.74) is 13.9. The van der Waals surface area contributed by atoms with E-state index >= 15 is 0 Å². The molecule has 0 aliphatic carbocycles. The van der Waals surface area contributed by atoms with Crippen LogP contribution in [0.4, 0.5) is 11.4 Å². The van der Waals surface area contributed by atoms with Gasteiger partial charge in [-0.2, -0.15) is 0 Å². The normalized spacial score (nSPS) is 10.0. The number of carbonyl (C=O) groups excluding carboxylic acids is 1. The standard InChI is InChI=1S/4C18H15P.C11H9Cl2N3S.C7H8BClO2S.C4H3Cl2N3.CH2O3.2Na.Pd.H/c4*1-4-10-16(11-5-1)19(17-12-6-2-7-13-17)18-14-8-3-9-15-18;1-17-11-6(3-2-4-7(11)12)10-8(14)5-9(13)15-16-10;1-12-7-5(8(10)11)3-2-4-6(7)9;5-3-1-2(7)4(6)9-8-3;2-1-4-3;;;;/h4*1-15H;2-5H,1H3,(H2,14,15);2-4,10-11H,1H3;1H,(H2,7,8);1,3H;;;;/q;;;;;;;;2*+1;;-1/p-1. The van der Waals surface area contributed by atoms with Crippen LogP contribution in [0.1, 0.15) is 1.43 Å². The molecule has 11 nitrogen and oxygen atoms in total. The Hall–Kier alpha value is -7.21. The first-order valence-electron chi connectivity index (χ1n) is 36.5. The number of nitrogen functional groups attached to an aromatic ring is 2. The third-order valence-corrected chi connectivity index (χ3v) is 29.7. The van der Waals surface area contributed by atoms with Gasteiger partial charge in [0.1, 0.15) is 5.69 Å². The summed E-state index contributed by atoms with van der Waals surface area (Å²) >= 11 is 31.5. The van der Waals surface area contributed by atoms with E-state index in [1.807, 2.05) is 30.7 Å². The van der Waals surface area contributed by atoms with E-state index in [-0.39, 0.29) is 103 Å². The molecule has 0 aliphatic heterocycles. The van der Waals surface area contributed by atoms with E-state index in [1.165, 1.54) is 81.5 Å². The van der Waals surface area contributed by atoms with Crippen molar-refractivity contribution >= 4 is 207 Å². The molecule has 26 heteroatoms. The van der Waals surface area contributed by atoms with Crippen LogP contribution < -0.4 is 145 Å². The monoisotopic (exact) mass is 1910 g/mol. The summed E-state index contributed by atoms with van der Waals surface area (Å²) in [5.74, 6) is 0. The summed E-state index contributed by atoms with van der Waals surface area (Å²) in [6.07, 6.45) is 3.79. The van der Waals surface area contributed by atoms with Gasteiger partial charge in [0.05, 0.1) is 21.4 Å². The third kappa shape index (κ3) is 33.3. The van der Waals surface area contributed by atoms with Crippen LogP contribution in [0.25, 0.3) is 11.3 Å². The fraction of sp³-hybridized carbons (Fsp3) is 0.0211. The molecule has 0 aliphatic rings. The predicted octanol–water partition coefficient (Wildman–Crippen LogP) is 12.2. The molecule has 0 saturated heterocycles. The Bertz CT molecular complexity index is 4720. The molecule has 0 saturated carbocycles. The molecular formula is C95H82BCl5N6Na2O5P4PdS2. The van der Waals surface area contributed by atoms with Gasteiger partial charge in [0.2, 0.25) is 0 Å². The minimum absolute atomic E-state index is 0. The number of halogens is 5. The molecule has 2 aromatic heterocycles. The maximum absolute atomic E-state index is 8.94. The molecule has 0 bridgehead atoms. The van der Waals surface area contributed by atoms with E-state index in [0.717, 1.165) is 10.5 Å². The van der Waals surface area contributed by atoms with Gasteiger partial charge in [-0.05, 0) is 125 Å². The minimum atomic E-state index is -1.45. The number of nitrogens with two attached hydrogens (primary N) is 2. The van der Waals surface area contributed by atoms with Gasteiger partial charge < -0.3 is 33.1 Å². The number of nitrogens with zero attached hydrogens (tertiary/aromatic N) is 4. The van der Waals surface area contributed by atoms with Crippen LogP contribution in [0, 0.1) is 0 Å². The van der Waals surface area contributed by atoms with Crippen molar-refractivity contribution in [2.45, 2.75) is 9.79 Å². The maximum atomic E-state index is 8.94. The van der Waals surface area contributed by atoms with Gasteiger partial charge in [-0.3, -0.25) is 4.79 Å². The smallest absolute Gasteiger partial charge is 1.00 e. The zero-order valence-electron chi connectivity index (χ0n) is 67.3. The molecule has 0 unspecified atom stereocenters. The van der Waals surface area contributed by atoms with E-state index in [2.05, 4.69) is 389 Å². The summed E-state index contributed by atoms with van der Waals surface area (Å²) < 4.78 is 0. The van der Waals surface area contributed by atoms with E-state index in [9.17, 15) is 0 Å². The Balaban J connectivity index is 0.000000252. The summed E-state index contributed by atoms with van der Waals surface area (Å²) in [5, 5.41) is 59.7. The van der Waals surface area contributed by atoms with Gasteiger partial charge in [-0.1, -0.05) is 446 Å². The van der Waals surface area contributed by atoms with Gasteiger partial charge in [-0.15, -0.1) is 43.9 Å². The number of hydrogen-bond acceptors (Lipinski definition) is 13. The minimum Gasteiger partial charge on any atom is -1.00 e. The zero-order valence-corrected chi connectivity index (χ0v) is 80.8. The quantitative estimate of drug-likeness (QED) is 0.0168. The van der Waals surface area contributed by atoms with Crippen LogP contribution in [-0.2, 0) is 30.1 Å². The number of rotatable bonds is 17. The molecule has 16 rings (SSSR count). The Labute approximate surface area is 807 Å². The van der Waals surface area contributed by atoms with Crippen molar-refractivity contribution in [2.24, 2.45) is 0 Å². The summed E-state index contributed by atoms with van der Waals surface area (Å²) in [6.45, 7) is -0.181. The van der Waals surface area contributed by atoms with Gasteiger partial charge in [0, 0.05) is 47.9 Å². The number of hydrogen-bond donors (Lipinski definition) is 4. The van der Waals surface area contributed by atoms with Crippen molar-refractivity contribution in [3.8, 4) is 11.3 Å². The van der Waals surface area contributed by atoms with Crippen LogP contribution in [0.15, 0.2) is 422 Å². The molecule has 6 N–H and O–H groups in total. The number of carbonyl (C=O) groups is 1. The van der Waals surface area contributed by atoms with Crippen molar-refractivity contribution in [1.82, 2.24) is 20.4 Å². The maximum Gasteiger partial charge on any atom is 1.00 e. The Kier molecular flexibility index (Phi) is 49.2. The average molecular weight is 1920 g/mol. The Morgan fingerprint density at radius 3 is 0.744 bits per heavy atom. The van der Waals surface area contributed by atoms with Gasteiger partial charge in [-0.25, -0.2) is 0 Å². The summed E-state index contributed by atoms with van der Waals surface area (Å²) in [7, 11) is -3.24. The number of thioether (sulfide) groups is 2. The van der Waals surface area contributed by atoms with Crippen molar-refractivity contribution in [1.29, 1.82) is 0 Å². The Morgan fingerprint density at radius 2 is 0.554 bits per heavy atom. The summed E-state index contributed by atoms with van der Waals surface area (Å²) in [6, 6.07) is 143. The molecule has 0 radical (unpaired) electrons. The molecule has 0 spiro atoms. The molecule has 604 valence electrons. The topological polar surface area (TPSA) is 193 Å². The van der Waals surface area contributed by atoms with E-state index in [1.54, 1.807) is 36.0 Å². The molecular weight excluding hydrogens is 1830 g/mol. The van der Waals surface area contributed by atoms with E-state index < -0.39 is 38.8 Å². The number of anilines is 2. The molecule has 121 heavy (non-hydrogen) atoms. The Morgan fingerprint density at radius 1 is 0.339 bits per heavy atom. The van der Waals surface area contributed by atoms with E-state index in [0.29, 0.717) is 37.5 Å². The summed E-state index contributed by atoms with van der Waals surface area (Å²) in [4.78, 5) is 12.9. The number of aromatic nitrogens is 4. The average Bonchev–Trinajstić information content (AvgIpc) is 0.807. The van der Waals surface area contributed by atoms with E-state index in [4.69, 9.17) is 89.6 Å². The van der Waals surface area contributed by atoms with Crippen LogP contribution in [0.2, 0.25) is 25.5 Å². The first kappa shape index (κ1) is 103. The van der Waals surface area contributed by atoms with Crippen LogP contribution in [-0.4, -0.2) is 56.5 Å². The first-order valence-corrected chi connectivity index (χ1v) is 46.2. The largest absolute Gasteiger partial charge is 1.00 e. The molecule has 2 heterocycles. The first-order chi connectivity index (χ1) is 57.7. The molecule has 0 amide bonds. The third-order valence-electron chi connectivity index (χ3n) is 16.7.